The maximum absolute atomic E-state index is 14.9. The van der Waals surface area contributed by atoms with Crippen molar-refractivity contribution in [3.8, 4) is 28.0 Å². The summed E-state index contributed by atoms with van der Waals surface area (Å²) in [5.74, 6) is -3.47. The molecule has 1 aliphatic rings. The van der Waals surface area contributed by atoms with Crippen LogP contribution in [0.3, 0.4) is 0 Å². The summed E-state index contributed by atoms with van der Waals surface area (Å²) in [5.41, 5.74) is 1.47. The molecule has 1 saturated carbocycles. The monoisotopic (exact) mass is 438 g/mol. The third kappa shape index (κ3) is 4.28. The third-order valence-electron chi connectivity index (χ3n) is 6.36. The average Bonchev–Trinajstić information content (AvgIpc) is 2.80. The highest BCUT2D eigenvalue weighted by Gasteiger charge is 2.25. The van der Waals surface area contributed by atoms with E-state index in [1.807, 2.05) is 0 Å². The van der Waals surface area contributed by atoms with Crippen molar-refractivity contribution in [2.45, 2.75) is 38.5 Å². The lowest BCUT2D eigenvalue weighted by molar-refractivity contribution is 0.339. The molecular formula is C26H23BF4O. The van der Waals surface area contributed by atoms with Crippen molar-refractivity contribution in [1.82, 2.24) is 0 Å². The van der Waals surface area contributed by atoms with Crippen molar-refractivity contribution in [3.63, 3.8) is 0 Å². The molecular weight excluding hydrogens is 415 g/mol. The number of hydrogen-bond donors (Lipinski definition) is 0. The van der Waals surface area contributed by atoms with E-state index in [1.54, 1.807) is 36.4 Å². The highest BCUT2D eigenvalue weighted by molar-refractivity contribution is 6.08. The summed E-state index contributed by atoms with van der Waals surface area (Å²) < 4.78 is 63.3. The number of halogens is 4. The first-order chi connectivity index (χ1) is 15.4. The quantitative estimate of drug-likeness (QED) is 0.298. The molecule has 0 bridgehead atoms. The molecule has 0 saturated heterocycles. The van der Waals surface area contributed by atoms with Crippen molar-refractivity contribution in [1.29, 1.82) is 0 Å². The van der Waals surface area contributed by atoms with Gasteiger partial charge in [-0.1, -0.05) is 56.2 Å². The van der Waals surface area contributed by atoms with Gasteiger partial charge in [-0.15, -0.1) is 0 Å². The van der Waals surface area contributed by atoms with Crippen LogP contribution in [-0.2, 0) is 0 Å². The van der Waals surface area contributed by atoms with Gasteiger partial charge in [0.1, 0.15) is 7.85 Å². The zero-order valence-electron chi connectivity index (χ0n) is 17.8. The minimum atomic E-state index is -1.13. The fourth-order valence-electron chi connectivity index (χ4n) is 4.46. The Labute approximate surface area is 186 Å². The molecule has 0 spiro atoms. The zero-order chi connectivity index (χ0) is 22.8. The molecule has 0 amide bonds. The molecule has 4 rings (SSSR count). The summed E-state index contributed by atoms with van der Waals surface area (Å²) in [6.07, 6.45) is 3.77. The van der Waals surface area contributed by atoms with Crippen LogP contribution in [0.15, 0.2) is 48.5 Å². The normalized spacial score (nSPS) is 18.5. The van der Waals surface area contributed by atoms with Crippen LogP contribution in [0.1, 0.15) is 44.1 Å². The SMILES string of the molecule is [B]COc1ccc(-c2ccc(-c3ccc(C4CCC(C)CC4)c(F)c3F)cc2)c(F)c1F. The van der Waals surface area contributed by atoms with Gasteiger partial charge in [0.15, 0.2) is 23.2 Å². The van der Waals surface area contributed by atoms with E-state index in [0.717, 1.165) is 25.7 Å². The Balaban J connectivity index is 1.61. The molecule has 2 radical (unpaired) electrons. The predicted molar refractivity (Wildman–Crippen MR) is 119 cm³/mol. The van der Waals surface area contributed by atoms with Gasteiger partial charge in [0, 0.05) is 17.6 Å². The van der Waals surface area contributed by atoms with Crippen LogP contribution < -0.4 is 4.74 Å². The minimum absolute atomic E-state index is 0.0342. The van der Waals surface area contributed by atoms with Crippen LogP contribution >= 0.6 is 0 Å². The summed E-state index contributed by atoms with van der Waals surface area (Å²) in [7, 11) is 5.21. The first-order valence-corrected chi connectivity index (χ1v) is 10.8. The Hall–Kier alpha value is -2.76. The van der Waals surface area contributed by atoms with E-state index < -0.39 is 23.3 Å². The Bertz CT molecular complexity index is 1110. The van der Waals surface area contributed by atoms with Gasteiger partial charge < -0.3 is 4.74 Å². The van der Waals surface area contributed by atoms with E-state index in [0.29, 0.717) is 22.6 Å². The lowest BCUT2D eigenvalue weighted by Crippen LogP contribution is -2.13. The molecule has 0 heterocycles. The highest BCUT2D eigenvalue weighted by Crippen LogP contribution is 2.39. The molecule has 6 heteroatoms. The van der Waals surface area contributed by atoms with E-state index in [2.05, 4.69) is 6.92 Å². The van der Waals surface area contributed by atoms with Gasteiger partial charge in [0.25, 0.3) is 0 Å². The van der Waals surface area contributed by atoms with Gasteiger partial charge in [0.2, 0.25) is 5.82 Å². The molecule has 1 aliphatic carbocycles. The maximum atomic E-state index is 14.9. The van der Waals surface area contributed by atoms with Gasteiger partial charge in [-0.3, -0.25) is 0 Å². The van der Waals surface area contributed by atoms with Crippen molar-refractivity contribution >= 4 is 7.85 Å². The Kier molecular flexibility index (Phi) is 6.59. The molecule has 0 aromatic heterocycles. The lowest BCUT2D eigenvalue weighted by Gasteiger charge is -2.27. The molecule has 1 fully saturated rings. The van der Waals surface area contributed by atoms with Gasteiger partial charge in [-0.25, -0.2) is 13.2 Å². The molecule has 164 valence electrons. The molecule has 0 unspecified atom stereocenters. The molecule has 1 nitrogen and oxygen atoms in total. The van der Waals surface area contributed by atoms with Crippen LogP contribution in [0.4, 0.5) is 17.6 Å². The van der Waals surface area contributed by atoms with Crippen molar-refractivity contribution in [2.24, 2.45) is 5.92 Å². The Morgan fingerprint density at radius 2 is 1.25 bits per heavy atom. The molecule has 0 atom stereocenters. The lowest BCUT2D eigenvalue weighted by atomic mass is 9.79. The second-order valence-corrected chi connectivity index (χ2v) is 8.41. The Morgan fingerprint density at radius 1 is 0.719 bits per heavy atom. The molecule has 3 aromatic carbocycles. The second kappa shape index (κ2) is 9.39. The standard InChI is InChI=1S/C26H23BF4O/c1-15-2-4-16(5-3-15)19-10-11-20(24(29)23(19)28)17-6-8-18(9-7-17)21-12-13-22(32-14-27)26(31)25(21)30/h6-13,15-16H,2-5,14H2,1H3. The van der Waals surface area contributed by atoms with Crippen LogP contribution in [0.25, 0.3) is 22.3 Å². The predicted octanol–water partition coefficient (Wildman–Crippen LogP) is 7.38. The first-order valence-electron chi connectivity index (χ1n) is 10.8. The highest BCUT2D eigenvalue weighted by atomic mass is 19.2. The fraction of sp³-hybridized carbons (Fsp3) is 0.308. The number of ether oxygens (including phenoxy) is 1. The van der Waals surface area contributed by atoms with Crippen molar-refractivity contribution in [3.05, 3.63) is 77.4 Å². The van der Waals surface area contributed by atoms with Crippen LogP contribution in [0.5, 0.6) is 5.75 Å². The fourth-order valence-corrected chi connectivity index (χ4v) is 4.46. The number of hydrogen-bond acceptors (Lipinski definition) is 1. The minimum Gasteiger partial charge on any atom is -0.500 e. The van der Waals surface area contributed by atoms with Gasteiger partial charge in [-0.05, 0) is 53.5 Å². The molecule has 32 heavy (non-hydrogen) atoms. The summed E-state index contributed by atoms with van der Waals surface area (Å²) in [6.45, 7) is 1.91. The van der Waals surface area contributed by atoms with E-state index in [9.17, 15) is 17.6 Å². The smallest absolute Gasteiger partial charge is 0.201 e. The summed E-state index contributed by atoms with van der Waals surface area (Å²) in [6, 6.07) is 12.2. The average molecular weight is 438 g/mol. The van der Waals surface area contributed by atoms with Gasteiger partial charge >= 0.3 is 0 Å². The second-order valence-electron chi connectivity index (χ2n) is 8.41. The summed E-state index contributed by atoms with van der Waals surface area (Å²) >= 11 is 0. The van der Waals surface area contributed by atoms with E-state index in [-0.39, 0.29) is 29.3 Å². The van der Waals surface area contributed by atoms with E-state index >= 15 is 0 Å². The van der Waals surface area contributed by atoms with Gasteiger partial charge in [-0.2, -0.15) is 4.39 Å². The largest absolute Gasteiger partial charge is 0.500 e. The topological polar surface area (TPSA) is 9.23 Å². The van der Waals surface area contributed by atoms with Crippen LogP contribution in [0.2, 0.25) is 0 Å². The van der Waals surface area contributed by atoms with Gasteiger partial charge in [0.05, 0.1) is 0 Å². The van der Waals surface area contributed by atoms with E-state index in [1.165, 1.54) is 12.1 Å². The maximum Gasteiger partial charge on any atom is 0.201 e. The molecule has 0 N–H and O–H groups in total. The van der Waals surface area contributed by atoms with E-state index in [4.69, 9.17) is 12.6 Å². The molecule has 3 aromatic rings. The first kappa shape index (κ1) is 22.4. The van der Waals surface area contributed by atoms with Crippen LogP contribution in [-0.4, -0.2) is 14.4 Å². The number of rotatable bonds is 5. The Morgan fingerprint density at radius 3 is 1.81 bits per heavy atom. The third-order valence-corrected chi connectivity index (χ3v) is 6.36. The molecule has 0 aliphatic heterocycles. The van der Waals surface area contributed by atoms with Crippen molar-refractivity contribution in [2.75, 3.05) is 6.51 Å². The van der Waals surface area contributed by atoms with Crippen LogP contribution in [0, 0.1) is 29.2 Å². The van der Waals surface area contributed by atoms with Crippen molar-refractivity contribution < 1.29 is 22.3 Å². The summed E-state index contributed by atoms with van der Waals surface area (Å²) in [5, 5.41) is 0. The summed E-state index contributed by atoms with van der Waals surface area (Å²) in [4.78, 5) is 0. The zero-order valence-corrected chi connectivity index (χ0v) is 17.8. The number of benzene rings is 3.